The van der Waals surface area contributed by atoms with Gasteiger partial charge >= 0.3 is 0 Å². The molecule has 5 rings (SSSR count). The highest BCUT2D eigenvalue weighted by Crippen LogP contribution is 2.55. The Labute approximate surface area is 200 Å². The minimum Gasteiger partial charge on any atom is -0.324 e. The summed E-state index contributed by atoms with van der Waals surface area (Å²) in [7, 11) is 0. The fourth-order valence-electron chi connectivity index (χ4n) is 4.53. The van der Waals surface area contributed by atoms with Crippen LogP contribution >= 0.6 is 11.8 Å². The highest BCUT2D eigenvalue weighted by Gasteiger charge is 2.61. The molecule has 0 radical (unpaired) electrons. The third-order valence-electron chi connectivity index (χ3n) is 6.10. The average Bonchev–Trinajstić information content (AvgIpc) is 3.27. The Hall–Kier alpha value is -3.65. The number of para-hydroxylation sites is 1. The van der Waals surface area contributed by atoms with Crippen LogP contribution in [0.2, 0.25) is 0 Å². The van der Waals surface area contributed by atoms with Gasteiger partial charge in [0.15, 0.2) is 0 Å². The van der Waals surface area contributed by atoms with Gasteiger partial charge in [0.25, 0.3) is 5.91 Å². The fourth-order valence-corrected chi connectivity index (χ4v) is 5.89. The van der Waals surface area contributed by atoms with Gasteiger partial charge in [-0.15, -0.1) is 11.8 Å². The summed E-state index contributed by atoms with van der Waals surface area (Å²) in [6, 6.07) is 18.6. The summed E-state index contributed by atoms with van der Waals surface area (Å²) in [5.74, 6) is -1.47. The smallest absolute Gasteiger partial charge is 0.269 e. The molecule has 34 heavy (non-hydrogen) atoms. The van der Waals surface area contributed by atoms with Crippen molar-refractivity contribution >= 4 is 46.5 Å². The van der Waals surface area contributed by atoms with Gasteiger partial charge < -0.3 is 5.32 Å². The lowest BCUT2D eigenvalue weighted by Gasteiger charge is -2.33. The molecule has 8 heteroatoms. The molecule has 2 heterocycles. The Morgan fingerprint density at radius 2 is 1.85 bits per heavy atom. The number of fused-ring (bicyclic) bond motifs is 2. The highest BCUT2D eigenvalue weighted by atomic mass is 32.2. The number of nitrogens with one attached hydrogen (secondary N) is 1. The highest BCUT2D eigenvalue weighted by molar-refractivity contribution is 8.02. The van der Waals surface area contributed by atoms with Gasteiger partial charge in [-0.05, 0) is 55.3 Å². The van der Waals surface area contributed by atoms with Crippen molar-refractivity contribution < 1.29 is 18.8 Å². The van der Waals surface area contributed by atoms with Crippen molar-refractivity contribution in [2.75, 3.05) is 27.4 Å². The lowest BCUT2D eigenvalue weighted by Crippen LogP contribution is -2.50. The largest absolute Gasteiger partial charge is 0.324 e. The molecule has 2 aliphatic heterocycles. The van der Waals surface area contributed by atoms with Crippen molar-refractivity contribution in [3.63, 3.8) is 0 Å². The third-order valence-corrected chi connectivity index (χ3v) is 7.49. The zero-order valence-electron chi connectivity index (χ0n) is 18.7. The van der Waals surface area contributed by atoms with Crippen LogP contribution in [0.4, 0.5) is 21.5 Å². The number of carbonyl (C=O) groups excluding carboxylic acids is 3. The maximum Gasteiger partial charge on any atom is 0.269 e. The summed E-state index contributed by atoms with van der Waals surface area (Å²) in [5, 5.41) is 2.90. The van der Waals surface area contributed by atoms with Gasteiger partial charge in [0.2, 0.25) is 16.7 Å². The molecule has 0 bridgehead atoms. The summed E-state index contributed by atoms with van der Waals surface area (Å²) in [6.45, 7) is 3.63. The fraction of sp³-hybridized carbons (Fsp3) is 0.192. The van der Waals surface area contributed by atoms with Gasteiger partial charge in [0.05, 0.1) is 11.4 Å². The van der Waals surface area contributed by atoms with Crippen LogP contribution in [-0.4, -0.2) is 30.0 Å². The number of halogens is 1. The minimum absolute atomic E-state index is 0.0686. The van der Waals surface area contributed by atoms with Gasteiger partial charge in [-0.2, -0.15) is 0 Å². The summed E-state index contributed by atoms with van der Waals surface area (Å²) >= 11 is 1.19. The zero-order valence-corrected chi connectivity index (χ0v) is 19.5. The topological polar surface area (TPSA) is 69.7 Å². The Bertz CT molecular complexity index is 1340. The number of aryl methyl sites for hydroxylation is 2. The molecule has 0 saturated carbocycles. The van der Waals surface area contributed by atoms with E-state index in [4.69, 9.17) is 0 Å². The predicted octanol–water partition coefficient (Wildman–Crippen LogP) is 4.36. The maximum absolute atomic E-state index is 14.0. The van der Waals surface area contributed by atoms with Gasteiger partial charge in [-0.25, -0.2) is 4.39 Å². The van der Waals surface area contributed by atoms with Crippen LogP contribution in [0, 0.1) is 19.7 Å². The molecular weight excluding hydrogens is 453 g/mol. The van der Waals surface area contributed by atoms with E-state index in [1.807, 2.05) is 32.0 Å². The third kappa shape index (κ3) is 3.45. The van der Waals surface area contributed by atoms with Crippen LogP contribution in [-0.2, 0) is 19.3 Å². The molecule has 0 aromatic heterocycles. The van der Waals surface area contributed by atoms with E-state index in [1.54, 1.807) is 30.3 Å². The van der Waals surface area contributed by atoms with Crippen molar-refractivity contribution in [3.8, 4) is 0 Å². The molecule has 1 unspecified atom stereocenters. The Morgan fingerprint density at radius 3 is 2.65 bits per heavy atom. The van der Waals surface area contributed by atoms with Gasteiger partial charge in [0.1, 0.15) is 12.4 Å². The average molecular weight is 476 g/mol. The number of hydrogen-bond acceptors (Lipinski definition) is 4. The zero-order chi connectivity index (χ0) is 24.0. The van der Waals surface area contributed by atoms with E-state index in [-0.39, 0.29) is 24.1 Å². The van der Waals surface area contributed by atoms with E-state index in [0.29, 0.717) is 22.6 Å². The second kappa shape index (κ2) is 8.29. The lowest BCUT2D eigenvalue weighted by molar-refractivity contribution is -0.124. The molecular formula is C26H22FN3O3S. The standard InChI is InChI=1S/C26H22FN3O3S/c1-16-10-11-17(2)21(12-16)28-23(31)14-29-22-9-4-3-8-20(22)26(25(29)33)30(24(32)15-34-26)19-7-5-6-18(27)13-19/h3-13H,14-15H2,1-2H3,(H,28,31). The number of amides is 3. The van der Waals surface area contributed by atoms with Crippen LogP contribution in [0.1, 0.15) is 16.7 Å². The van der Waals surface area contributed by atoms with E-state index in [0.717, 1.165) is 11.1 Å². The van der Waals surface area contributed by atoms with Gasteiger partial charge in [-0.1, -0.05) is 36.4 Å². The summed E-state index contributed by atoms with van der Waals surface area (Å²) in [4.78, 5) is 41.3. The number of thioether (sulfide) groups is 1. The first-order valence-electron chi connectivity index (χ1n) is 10.8. The Kier molecular flexibility index (Phi) is 5.40. The molecule has 2 aliphatic rings. The van der Waals surface area contributed by atoms with Crippen LogP contribution in [0.15, 0.2) is 66.7 Å². The molecule has 3 amide bonds. The summed E-state index contributed by atoms with van der Waals surface area (Å²) in [5.41, 5.74) is 4.09. The van der Waals surface area contributed by atoms with E-state index in [1.165, 1.54) is 39.8 Å². The van der Waals surface area contributed by atoms with Crippen molar-refractivity contribution in [1.29, 1.82) is 0 Å². The molecule has 1 spiro atoms. The van der Waals surface area contributed by atoms with Gasteiger partial charge in [0, 0.05) is 16.9 Å². The molecule has 3 aromatic carbocycles. The molecule has 3 aromatic rings. The first-order valence-corrected chi connectivity index (χ1v) is 11.8. The number of nitrogens with zero attached hydrogens (tertiary/aromatic N) is 2. The summed E-state index contributed by atoms with van der Waals surface area (Å²) < 4.78 is 14.0. The van der Waals surface area contributed by atoms with Crippen molar-refractivity contribution in [2.24, 2.45) is 0 Å². The van der Waals surface area contributed by atoms with Crippen LogP contribution in [0.25, 0.3) is 0 Å². The summed E-state index contributed by atoms with van der Waals surface area (Å²) in [6.07, 6.45) is 0. The number of benzene rings is 3. The normalized spacial score (nSPS) is 19.1. The van der Waals surface area contributed by atoms with E-state index >= 15 is 0 Å². The SMILES string of the molecule is Cc1ccc(C)c(NC(=O)CN2C(=O)C3(SCC(=O)N3c3cccc(F)c3)c3ccccc32)c1. The Balaban J connectivity index is 1.52. The molecule has 6 nitrogen and oxygen atoms in total. The monoisotopic (exact) mass is 475 g/mol. The van der Waals surface area contributed by atoms with Crippen LogP contribution in [0.3, 0.4) is 0 Å². The second-order valence-electron chi connectivity index (χ2n) is 8.42. The van der Waals surface area contributed by atoms with Crippen LogP contribution in [0.5, 0.6) is 0 Å². The molecule has 1 N–H and O–H groups in total. The maximum atomic E-state index is 14.0. The molecule has 0 aliphatic carbocycles. The van der Waals surface area contributed by atoms with E-state index in [2.05, 4.69) is 5.32 Å². The van der Waals surface area contributed by atoms with Crippen LogP contribution < -0.4 is 15.1 Å². The molecule has 1 atom stereocenters. The van der Waals surface area contributed by atoms with Gasteiger partial charge in [-0.3, -0.25) is 24.2 Å². The molecule has 172 valence electrons. The Morgan fingerprint density at radius 1 is 1.06 bits per heavy atom. The number of carbonyl (C=O) groups is 3. The van der Waals surface area contributed by atoms with E-state index in [9.17, 15) is 18.8 Å². The lowest BCUT2D eigenvalue weighted by atomic mass is 10.0. The quantitative estimate of drug-likeness (QED) is 0.609. The first-order chi connectivity index (χ1) is 16.3. The molecule has 1 fully saturated rings. The van der Waals surface area contributed by atoms with E-state index < -0.39 is 16.6 Å². The van der Waals surface area contributed by atoms with Crippen molar-refractivity contribution in [3.05, 3.63) is 89.2 Å². The number of rotatable bonds is 4. The number of anilines is 3. The second-order valence-corrected chi connectivity index (χ2v) is 9.58. The predicted molar refractivity (Wildman–Crippen MR) is 131 cm³/mol. The molecule has 1 saturated heterocycles. The number of hydrogen-bond donors (Lipinski definition) is 1. The van der Waals surface area contributed by atoms with Crippen molar-refractivity contribution in [2.45, 2.75) is 18.7 Å². The van der Waals surface area contributed by atoms with Crippen molar-refractivity contribution in [1.82, 2.24) is 0 Å². The first kappa shape index (κ1) is 22.2. The minimum atomic E-state index is -1.39.